The first-order valence-corrected chi connectivity index (χ1v) is 8.46. The van der Waals surface area contributed by atoms with Crippen LogP contribution in [0.2, 0.25) is 0 Å². The monoisotopic (exact) mass is 383 g/mol. The Morgan fingerprint density at radius 3 is 2.15 bits per heavy atom. The van der Waals surface area contributed by atoms with Crippen molar-refractivity contribution in [2.75, 3.05) is 12.0 Å². The molecule has 0 aromatic carbocycles. The number of nitrogens with zero attached hydrogens (tertiary/aromatic N) is 2. The van der Waals surface area contributed by atoms with Crippen LogP contribution in [0.4, 0.5) is 15.4 Å². The van der Waals surface area contributed by atoms with Crippen molar-refractivity contribution in [2.24, 2.45) is 5.73 Å². The third kappa shape index (κ3) is 6.69. The van der Waals surface area contributed by atoms with E-state index in [1.807, 2.05) is 0 Å². The SMILES string of the molecule is COc1cc(N(C(=O)OOC(C)(C)C)C(=O)OC(C)(C)C)nc(C)c1CN. The smallest absolute Gasteiger partial charge is 0.456 e. The van der Waals surface area contributed by atoms with Crippen molar-refractivity contribution in [1.82, 2.24) is 4.98 Å². The number of hydrogen-bond acceptors (Lipinski definition) is 8. The Hall–Kier alpha value is -2.39. The summed E-state index contributed by atoms with van der Waals surface area (Å²) in [7, 11) is 1.45. The lowest BCUT2D eigenvalue weighted by Crippen LogP contribution is -2.42. The number of hydrogen-bond donors (Lipinski definition) is 1. The second kappa shape index (κ2) is 8.53. The number of anilines is 1. The molecule has 0 aliphatic heterocycles. The predicted octanol–water partition coefficient (Wildman–Crippen LogP) is 3.47. The standard InChI is InChI=1S/C18H29N3O6/c1-11-12(10-19)13(24-8)9-14(20-11)21(15(22)25-17(2,3)4)16(23)26-27-18(5,6)7/h9H,10,19H2,1-8H3. The van der Waals surface area contributed by atoms with Crippen molar-refractivity contribution in [3.05, 3.63) is 17.3 Å². The van der Waals surface area contributed by atoms with Crippen LogP contribution in [0.3, 0.4) is 0 Å². The largest absolute Gasteiger partial charge is 0.496 e. The molecule has 0 atom stereocenters. The highest BCUT2D eigenvalue weighted by Crippen LogP contribution is 2.28. The number of carbonyl (C=O) groups is 2. The molecule has 0 unspecified atom stereocenters. The van der Waals surface area contributed by atoms with Crippen LogP contribution >= 0.6 is 0 Å². The number of aromatic nitrogens is 1. The summed E-state index contributed by atoms with van der Waals surface area (Å²) in [6, 6.07) is 1.41. The maximum Gasteiger partial charge on any atom is 0.456 e. The normalized spacial score (nSPS) is 11.7. The Kier molecular flexibility index (Phi) is 7.16. The number of imide groups is 1. The van der Waals surface area contributed by atoms with Gasteiger partial charge in [-0.05, 0) is 48.5 Å². The van der Waals surface area contributed by atoms with Crippen LogP contribution in [0.25, 0.3) is 0 Å². The third-order valence-corrected chi connectivity index (χ3v) is 3.05. The molecule has 1 rings (SSSR count). The quantitative estimate of drug-likeness (QED) is 0.621. The lowest BCUT2D eigenvalue weighted by molar-refractivity contribution is -0.298. The van der Waals surface area contributed by atoms with Gasteiger partial charge < -0.3 is 15.2 Å². The average Bonchev–Trinajstić information content (AvgIpc) is 2.50. The lowest BCUT2D eigenvalue weighted by atomic mass is 10.2. The lowest BCUT2D eigenvalue weighted by Gasteiger charge is -2.26. The highest BCUT2D eigenvalue weighted by Gasteiger charge is 2.34. The van der Waals surface area contributed by atoms with E-state index in [9.17, 15) is 9.59 Å². The maximum atomic E-state index is 12.6. The van der Waals surface area contributed by atoms with Crippen molar-refractivity contribution in [2.45, 2.75) is 66.2 Å². The molecule has 0 spiro atoms. The van der Waals surface area contributed by atoms with Gasteiger partial charge in [0.15, 0.2) is 5.82 Å². The van der Waals surface area contributed by atoms with Gasteiger partial charge in [0.05, 0.1) is 7.11 Å². The topological polar surface area (TPSA) is 113 Å². The van der Waals surface area contributed by atoms with Gasteiger partial charge in [0, 0.05) is 23.9 Å². The van der Waals surface area contributed by atoms with Crippen LogP contribution in [0.15, 0.2) is 6.07 Å². The predicted molar refractivity (Wildman–Crippen MR) is 99.4 cm³/mol. The van der Waals surface area contributed by atoms with E-state index in [-0.39, 0.29) is 12.4 Å². The minimum absolute atomic E-state index is 0.0293. The molecule has 9 heteroatoms. The molecule has 0 saturated heterocycles. The molecular weight excluding hydrogens is 354 g/mol. The van der Waals surface area contributed by atoms with Crippen LogP contribution in [0, 0.1) is 6.92 Å². The maximum absolute atomic E-state index is 12.6. The van der Waals surface area contributed by atoms with Gasteiger partial charge in [0.1, 0.15) is 17.0 Å². The summed E-state index contributed by atoms with van der Waals surface area (Å²) in [5, 5.41) is 0. The van der Waals surface area contributed by atoms with Crippen molar-refractivity contribution >= 4 is 18.0 Å². The third-order valence-electron chi connectivity index (χ3n) is 3.05. The average molecular weight is 383 g/mol. The van der Waals surface area contributed by atoms with Gasteiger partial charge in [-0.2, -0.15) is 9.79 Å². The number of amides is 2. The highest BCUT2D eigenvalue weighted by molar-refractivity contribution is 6.08. The van der Waals surface area contributed by atoms with Crippen LogP contribution in [0.5, 0.6) is 5.75 Å². The molecule has 2 amide bonds. The fourth-order valence-corrected chi connectivity index (χ4v) is 1.97. The molecule has 0 saturated carbocycles. The van der Waals surface area contributed by atoms with Gasteiger partial charge in [0.2, 0.25) is 0 Å². The number of pyridine rings is 1. The molecule has 27 heavy (non-hydrogen) atoms. The Balaban J connectivity index is 3.34. The molecule has 1 heterocycles. The van der Waals surface area contributed by atoms with Gasteiger partial charge in [-0.3, -0.25) is 4.89 Å². The zero-order valence-electron chi connectivity index (χ0n) is 17.2. The van der Waals surface area contributed by atoms with Gasteiger partial charge in [-0.25, -0.2) is 14.6 Å². The number of nitrogens with two attached hydrogens (primary N) is 1. The molecule has 9 nitrogen and oxygen atoms in total. The zero-order chi connectivity index (χ0) is 21.0. The summed E-state index contributed by atoms with van der Waals surface area (Å²) in [5.74, 6) is 0.358. The van der Waals surface area contributed by atoms with Gasteiger partial charge >= 0.3 is 12.2 Å². The fraction of sp³-hybridized carbons (Fsp3) is 0.611. The van der Waals surface area contributed by atoms with Crippen molar-refractivity contribution in [3.8, 4) is 5.75 Å². The number of methoxy groups -OCH3 is 1. The number of aryl methyl sites for hydroxylation is 1. The number of ether oxygens (including phenoxy) is 2. The molecule has 0 aliphatic rings. The van der Waals surface area contributed by atoms with Crippen molar-refractivity contribution in [3.63, 3.8) is 0 Å². The minimum Gasteiger partial charge on any atom is -0.496 e. The van der Waals surface area contributed by atoms with Gasteiger partial charge in [0.25, 0.3) is 0 Å². The zero-order valence-corrected chi connectivity index (χ0v) is 17.2. The van der Waals surface area contributed by atoms with E-state index in [0.29, 0.717) is 21.9 Å². The van der Waals surface area contributed by atoms with Gasteiger partial charge in [-0.1, -0.05) is 0 Å². The Bertz CT molecular complexity index is 692. The first-order valence-electron chi connectivity index (χ1n) is 8.46. The second-order valence-electron chi connectivity index (χ2n) is 7.81. The van der Waals surface area contributed by atoms with E-state index in [1.165, 1.54) is 13.2 Å². The second-order valence-corrected chi connectivity index (χ2v) is 7.81. The number of rotatable bonds is 4. The summed E-state index contributed by atoms with van der Waals surface area (Å²) in [6.07, 6.45) is -2.05. The molecule has 0 aliphatic carbocycles. The molecule has 1 aromatic rings. The van der Waals surface area contributed by atoms with Crippen LogP contribution in [-0.2, 0) is 21.1 Å². The summed E-state index contributed by atoms with van der Waals surface area (Å²) in [4.78, 5) is 39.9. The minimum atomic E-state index is -1.09. The highest BCUT2D eigenvalue weighted by atomic mass is 17.2. The Morgan fingerprint density at radius 1 is 1.11 bits per heavy atom. The molecule has 0 fully saturated rings. The van der Waals surface area contributed by atoms with E-state index in [4.69, 9.17) is 25.0 Å². The fourth-order valence-electron chi connectivity index (χ4n) is 1.97. The summed E-state index contributed by atoms with van der Waals surface area (Å²) in [5.41, 5.74) is 5.28. The van der Waals surface area contributed by atoms with Crippen LogP contribution in [-0.4, -0.2) is 35.5 Å². The van der Waals surface area contributed by atoms with Crippen molar-refractivity contribution in [1.29, 1.82) is 0 Å². The molecule has 1 aromatic heterocycles. The first kappa shape index (κ1) is 22.7. The molecule has 0 radical (unpaired) electrons. The van der Waals surface area contributed by atoms with E-state index in [2.05, 4.69) is 4.98 Å². The number of carbonyl (C=O) groups excluding carboxylic acids is 2. The van der Waals surface area contributed by atoms with E-state index >= 15 is 0 Å². The van der Waals surface area contributed by atoms with Crippen molar-refractivity contribution < 1.29 is 28.8 Å². The van der Waals surface area contributed by atoms with Gasteiger partial charge in [-0.15, -0.1) is 0 Å². The van der Waals surface area contributed by atoms with Crippen LogP contribution < -0.4 is 15.4 Å². The molecular formula is C18H29N3O6. The van der Waals surface area contributed by atoms with E-state index < -0.39 is 23.4 Å². The molecule has 2 N–H and O–H groups in total. The summed E-state index contributed by atoms with van der Waals surface area (Å²) in [6.45, 7) is 12.0. The van der Waals surface area contributed by atoms with Crippen LogP contribution in [0.1, 0.15) is 52.8 Å². The Labute approximate surface area is 159 Å². The molecule has 152 valence electrons. The molecule has 0 bridgehead atoms. The summed E-state index contributed by atoms with van der Waals surface area (Å²) >= 11 is 0. The summed E-state index contributed by atoms with van der Waals surface area (Å²) < 4.78 is 10.6. The first-order chi connectivity index (χ1) is 12.3. The van der Waals surface area contributed by atoms with E-state index in [0.717, 1.165) is 0 Å². The van der Waals surface area contributed by atoms with E-state index in [1.54, 1.807) is 48.5 Å². The Morgan fingerprint density at radius 2 is 1.70 bits per heavy atom.